The largest absolute Gasteiger partial charge is 0.507 e. The maximum Gasteiger partial charge on any atom is 0.295 e. The molecule has 0 spiro atoms. The Bertz CT molecular complexity index is 1280. The zero-order valence-electron chi connectivity index (χ0n) is 21.3. The van der Waals surface area contributed by atoms with Gasteiger partial charge in [-0.05, 0) is 60.9 Å². The van der Waals surface area contributed by atoms with Gasteiger partial charge in [0.1, 0.15) is 23.0 Å². The molecule has 1 amide bonds. The third kappa shape index (κ3) is 5.61. The van der Waals surface area contributed by atoms with Crippen LogP contribution in [0.2, 0.25) is 0 Å². The lowest BCUT2D eigenvalue weighted by molar-refractivity contribution is -0.140. The van der Waals surface area contributed by atoms with Gasteiger partial charge in [-0.25, -0.2) is 0 Å². The van der Waals surface area contributed by atoms with Crippen LogP contribution in [0.25, 0.3) is 5.76 Å². The third-order valence-electron chi connectivity index (χ3n) is 6.14. The van der Waals surface area contributed by atoms with Crippen molar-refractivity contribution in [3.63, 3.8) is 0 Å². The maximum atomic E-state index is 13.3. The summed E-state index contributed by atoms with van der Waals surface area (Å²) in [6, 6.07) is 20.7. The molecule has 0 aromatic heterocycles. The Balaban J connectivity index is 1.79. The van der Waals surface area contributed by atoms with Gasteiger partial charge in [0.05, 0.1) is 31.9 Å². The van der Waals surface area contributed by atoms with Gasteiger partial charge in [0, 0.05) is 12.1 Å². The number of aliphatic hydroxyl groups is 1. The Kier molecular flexibility index (Phi) is 8.13. The second kappa shape index (κ2) is 11.6. The molecule has 1 unspecified atom stereocenters. The third-order valence-corrected chi connectivity index (χ3v) is 6.14. The summed E-state index contributed by atoms with van der Waals surface area (Å²) in [7, 11) is 1.59. The minimum absolute atomic E-state index is 0.0373. The normalized spacial score (nSPS) is 16.6. The number of hydrogen-bond donors (Lipinski definition) is 1. The fourth-order valence-corrected chi connectivity index (χ4v) is 4.34. The Morgan fingerprint density at radius 3 is 2.24 bits per heavy atom. The van der Waals surface area contributed by atoms with E-state index in [1.807, 2.05) is 38.1 Å². The van der Waals surface area contributed by atoms with Crippen LogP contribution >= 0.6 is 0 Å². The predicted octanol–water partition coefficient (Wildman–Crippen LogP) is 5.50. The molecule has 7 heteroatoms. The molecule has 3 aromatic carbocycles. The van der Waals surface area contributed by atoms with Gasteiger partial charge >= 0.3 is 0 Å². The summed E-state index contributed by atoms with van der Waals surface area (Å²) < 4.78 is 16.5. The molecule has 7 nitrogen and oxygen atoms in total. The highest BCUT2D eigenvalue weighted by Crippen LogP contribution is 2.41. The predicted molar refractivity (Wildman–Crippen MR) is 141 cm³/mol. The summed E-state index contributed by atoms with van der Waals surface area (Å²) in [6.07, 6.45) is 0.838. The van der Waals surface area contributed by atoms with E-state index in [4.69, 9.17) is 14.2 Å². The number of nitrogens with zero attached hydrogens (tertiary/aromatic N) is 1. The van der Waals surface area contributed by atoms with Gasteiger partial charge in [0.15, 0.2) is 0 Å². The van der Waals surface area contributed by atoms with Crippen molar-refractivity contribution in [3.05, 3.63) is 95.1 Å². The summed E-state index contributed by atoms with van der Waals surface area (Å²) in [5.41, 5.74) is 1.96. The van der Waals surface area contributed by atoms with Gasteiger partial charge < -0.3 is 24.2 Å². The lowest BCUT2D eigenvalue weighted by Crippen LogP contribution is -2.29. The van der Waals surface area contributed by atoms with Crippen LogP contribution < -0.4 is 14.2 Å². The average molecular weight is 502 g/mol. The first-order valence-corrected chi connectivity index (χ1v) is 12.3. The molecule has 3 aromatic rings. The minimum atomic E-state index is -0.780. The summed E-state index contributed by atoms with van der Waals surface area (Å²) in [6.45, 7) is 5.14. The van der Waals surface area contributed by atoms with Crippen molar-refractivity contribution in [1.82, 2.24) is 4.90 Å². The van der Waals surface area contributed by atoms with Crippen LogP contribution in [0.1, 0.15) is 43.0 Å². The molecule has 1 N–H and O–H groups in total. The smallest absolute Gasteiger partial charge is 0.295 e. The highest BCUT2D eigenvalue weighted by Gasteiger charge is 2.46. The fraction of sp³-hybridized carbons (Fsp3) is 0.267. The first kappa shape index (κ1) is 25.8. The van der Waals surface area contributed by atoms with E-state index in [0.717, 1.165) is 12.0 Å². The van der Waals surface area contributed by atoms with Crippen molar-refractivity contribution in [1.29, 1.82) is 0 Å². The highest BCUT2D eigenvalue weighted by molar-refractivity contribution is 6.46. The molecule has 1 fully saturated rings. The molecule has 0 bridgehead atoms. The number of amides is 1. The molecule has 4 rings (SSSR count). The molecule has 1 atom stereocenters. The van der Waals surface area contributed by atoms with Gasteiger partial charge in [-0.3, -0.25) is 9.59 Å². The summed E-state index contributed by atoms with van der Waals surface area (Å²) in [5, 5.41) is 11.4. The first-order valence-electron chi connectivity index (χ1n) is 12.3. The van der Waals surface area contributed by atoms with Crippen molar-refractivity contribution in [3.8, 4) is 17.2 Å². The van der Waals surface area contributed by atoms with Crippen LogP contribution in [0.15, 0.2) is 78.4 Å². The Morgan fingerprint density at radius 2 is 1.59 bits per heavy atom. The number of carbonyl (C=O) groups excluding carboxylic acids is 2. The number of ether oxygens (including phenoxy) is 3. The van der Waals surface area contributed by atoms with E-state index in [-0.39, 0.29) is 17.9 Å². The molecule has 0 aliphatic carbocycles. The molecule has 192 valence electrons. The molecule has 0 radical (unpaired) electrons. The number of methoxy groups -OCH3 is 1. The standard InChI is InChI=1S/C30H31NO6/c1-4-17-37-25-8-6-7-22(18-25)28(32)26-27(21-11-15-24(16-12-21)36-5-2)31(30(34)29(26)33)19-20-9-13-23(35-3)14-10-20/h6-16,18,27,32H,4-5,17,19H2,1-3H3/b28-26-. The van der Waals surface area contributed by atoms with Crippen molar-refractivity contribution in [2.45, 2.75) is 32.9 Å². The van der Waals surface area contributed by atoms with E-state index in [1.54, 1.807) is 55.6 Å². The van der Waals surface area contributed by atoms with E-state index < -0.39 is 17.7 Å². The Morgan fingerprint density at radius 1 is 0.892 bits per heavy atom. The summed E-state index contributed by atoms with van der Waals surface area (Å²) >= 11 is 0. The highest BCUT2D eigenvalue weighted by atomic mass is 16.5. The zero-order chi connectivity index (χ0) is 26.4. The molecule has 0 saturated carbocycles. The van der Waals surface area contributed by atoms with Crippen LogP contribution in [-0.2, 0) is 16.1 Å². The van der Waals surface area contributed by atoms with Crippen LogP contribution in [0.3, 0.4) is 0 Å². The molecule has 1 heterocycles. The van der Waals surface area contributed by atoms with Crippen LogP contribution in [-0.4, -0.2) is 42.0 Å². The van der Waals surface area contributed by atoms with Gasteiger partial charge in [0.2, 0.25) is 0 Å². The summed E-state index contributed by atoms with van der Waals surface area (Å²) in [4.78, 5) is 28.1. The van der Waals surface area contributed by atoms with E-state index in [9.17, 15) is 14.7 Å². The van der Waals surface area contributed by atoms with Crippen molar-refractivity contribution >= 4 is 17.4 Å². The fourth-order valence-electron chi connectivity index (χ4n) is 4.34. The molecular weight excluding hydrogens is 470 g/mol. The van der Waals surface area contributed by atoms with Crippen molar-refractivity contribution in [2.75, 3.05) is 20.3 Å². The van der Waals surface area contributed by atoms with Gasteiger partial charge in [-0.1, -0.05) is 43.3 Å². The number of hydrogen-bond acceptors (Lipinski definition) is 6. The molecule has 37 heavy (non-hydrogen) atoms. The van der Waals surface area contributed by atoms with Crippen molar-refractivity contribution < 1.29 is 28.9 Å². The first-order chi connectivity index (χ1) is 18.0. The van der Waals surface area contributed by atoms with E-state index in [1.165, 1.54) is 4.90 Å². The minimum Gasteiger partial charge on any atom is -0.507 e. The number of Topliss-reactive ketones (excluding diaryl/α,β-unsaturated/α-hetero) is 1. The number of aliphatic hydroxyl groups excluding tert-OH is 1. The number of rotatable bonds is 10. The lowest BCUT2D eigenvalue weighted by Gasteiger charge is -2.25. The molecule has 1 saturated heterocycles. The van der Waals surface area contributed by atoms with E-state index in [2.05, 4.69) is 0 Å². The second-order valence-electron chi connectivity index (χ2n) is 8.65. The Hall–Kier alpha value is -4.26. The van der Waals surface area contributed by atoms with Crippen molar-refractivity contribution in [2.24, 2.45) is 0 Å². The SMILES string of the molecule is CCCOc1cccc(/C(O)=C2/C(=O)C(=O)N(Cc3ccc(OC)cc3)C2c2ccc(OCC)cc2)c1. The molecule has 1 aliphatic rings. The monoisotopic (exact) mass is 501 g/mol. The number of benzene rings is 3. The van der Waals surface area contributed by atoms with Gasteiger partial charge in [-0.15, -0.1) is 0 Å². The number of ketones is 1. The topological polar surface area (TPSA) is 85.3 Å². The molecule has 1 aliphatic heterocycles. The Labute approximate surface area is 216 Å². The van der Waals surface area contributed by atoms with Gasteiger partial charge in [-0.2, -0.15) is 0 Å². The molecular formula is C30H31NO6. The lowest BCUT2D eigenvalue weighted by atomic mass is 9.95. The summed E-state index contributed by atoms with van der Waals surface area (Å²) in [5.74, 6) is 0.310. The quantitative estimate of drug-likeness (QED) is 0.224. The van der Waals surface area contributed by atoms with Crippen LogP contribution in [0.5, 0.6) is 17.2 Å². The van der Waals surface area contributed by atoms with E-state index >= 15 is 0 Å². The van der Waals surface area contributed by atoms with Gasteiger partial charge in [0.25, 0.3) is 11.7 Å². The zero-order valence-corrected chi connectivity index (χ0v) is 21.3. The van der Waals surface area contributed by atoms with Crippen LogP contribution in [0.4, 0.5) is 0 Å². The second-order valence-corrected chi connectivity index (χ2v) is 8.65. The maximum absolute atomic E-state index is 13.3. The average Bonchev–Trinajstić information content (AvgIpc) is 3.17. The number of likely N-dealkylation sites (tertiary alicyclic amines) is 1. The number of carbonyl (C=O) groups is 2. The van der Waals surface area contributed by atoms with E-state index in [0.29, 0.717) is 41.6 Å². The van der Waals surface area contributed by atoms with Crippen LogP contribution in [0, 0.1) is 0 Å².